The number of likely N-dealkylation sites (tertiary alicyclic amines) is 1. The van der Waals surface area contributed by atoms with Gasteiger partial charge in [0.2, 0.25) is 11.8 Å². The smallest absolute Gasteiger partial charge is 0.251 e. The minimum atomic E-state index is -0.589. The fourth-order valence-electron chi connectivity index (χ4n) is 3.54. The van der Waals surface area contributed by atoms with Crippen molar-refractivity contribution in [3.63, 3.8) is 0 Å². The number of nitrogens with one attached hydrogen (secondary N) is 2. The van der Waals surface area contributed by atoms with Gasteiger partial charge in [-0.25, -0.2) is 0 Å². The molecule has 7 nitrogen and oxygen atoms in total. The highest BCUT2D eigenvalue weighted by Gasteiger charge is 2.36. The van der Waals surface area contributed by atoms with Crippen LogP contribution in [0.5, 0.6) is 0 Å². The van der Waals surface area contributed by atoms with E-state index in [1.807, 2.05) is 19.1 Å². The number of hydrogen-bond donors (Lipinski definition) is 2. The number of piperidine rings is 1. The second-order valence-electron chi connectivity index (χ2n) is 7.75. The van der Waals surface area contributed by atoms with Crippen LogP contribution < -0.4 is 10.6 Å². The van der Waals surface area contributed by atoms with E-state index in [0.717, 1.165) is 18.4 Å². The van der Waals surface area contributed by atoms with Gasteiger partial charge >= 0.3 is 0 Å². The summed E-state index contributed by atoms with van der Waals surface area (Å²) in [5, 5.41) is 5.96. The van der Waals surface area contributed by atoms with E-state index >= 15 is 0 Å². The van der Waals surface area contributed by atoms with Gasteiger partial charge in [0.05, 0.1) is 0 Å². The molecule has 1 aliphatic heterocycles. The summed E-state index contributed by atoms with van der Waals surface area (Å²) in [6.07, 6.45) is 3.33. The molecule has 0 aromatic heterocycles. The highest BCUT2D eigenvalue weighted by atomic mass is 16.5. The molecule has 0 unspecified atom stereocenters. The zero-order valence-electron chi connectivity index (χ0n) is 16.6. The van der Waals surface area contributed by atoms with Crippen molar-refractivity contribution in [3.05, 3.63) is 35.4 Å². The first-order valence-electron chi connectivity index (χ1n) is 9.92. The molecule has 2 N–H and O–H groups in total. The average Bonchev–Trinajstić information content (AvgIpc) is 3.50. The maximum atomic E-state index is 12.8. The quantitative estimate of drug-likeness (QED) is 0.737. The predicted molar refractivity (Wildman–Crippen MR) is 105 cm³/mol. The lowest BCUT2D eigenvalue weighted by molar-refractivity contribution is -0.136. The highest BCUT2D eigenvalue weighted by Crippen LogP contribution is 2.24. The normalized spacial score (nSPS) is 18.4. The van der Waals surface area contributed by atoms with Gasteiger partial charge in [-0.2, -0.15) is 0 Å². The van der Waals surface area contributed by atoms with E-state index in [4.69, 9.17) is 4.74 Å². The van der Waals surface area contributed by atoms with Crippen LogP contribution >= 0.6 is 0 Å². The molecule has 2 fully saturated rings. The molecule has 1 aromatic carbocycles. The minimum Gasteiger partial charge on any atom is -0.375 e. The number of amides is 3. The number of hydrogen-bond acceptors (Lipinski definition) is 4. The first-order valence-corrected chi connectivity index (χ1v) is 9.92. The zero-order chi connectivity index (χ0) is 20.1. The molecule has 0 radical (unpaired) electrons. The van der Waals surface area contributed by atoms with E-state index in [9.17, 15) is 14.4 Å². The van der Waals surface area contributed by atoms with Crippen molar-refractivity contribution in [1.82, 2.24) is 15.5 Å². The number of aryl methyl sites for hydroxylation is 1. The van der Waals surface area contributed by atoms with Gasteiger partial charge in [-0.3, -0.25) is 14.4 Å². The summed E-state index contributed by atoms with van der Waals surface area (Å²) in [6.45, 7) is 3.17. The van der Waals surface area contributed by atoms with Crippen LogP contribution in [-0.4, -0.2) is 61.5 Å². The number of carbonyl (C=O) groups excluding carboxylic acids is 3. The Morgan fingerprint density at radius 2 is 1.75 bits per heavy atom. The number of nitrogens with zero attached hydrogens (tertiary/aromatic N) is 1. The summed E-state index contributed by atoms with van der Waals surface area (Å²) in [5.41, 5.74) is 1.62. The Kier molecular flexibility index (Phi) is 6.67. The molecule has 1 saturated heterocycles. The molecule has 152 valence electrons. The molecule has 0 bridgehead atoms. The second kappa shape index (κ2) is 9.19. The molecule has 0 spiro atoms. The Hall–Kier alpha value is -2.41. The van der Waals surface area contributed by atoms with Crippen molar-refractivity contribution in [2.75, 3.05) is 26.8 Å². The van der Waals surface area contributed by atoms with Crippen molar-refractivity contribution in [3.8, 4) is 0 Å². The minimum absolute atomic E-state index is 0.000238. The Balaban J connectivity index is 1.65. The molecule has 28 heavy (non-hydrogen) atoms. The molecule has 1 heterocycles. The Bertz CT molecular complexity index is 707. The average molecular weight is 387 g/mol. The Labute approximate surface area is 165 Å². The summed E-state index contributed by atoms with van der Waals surface area (Å²) < 4.78 is 4.92. The lowest BCUT2D eigenvalue weighted by Crippen LogP contribution is -2.54. The fourth-order valence-corrected chi connectivity index (χ4v) is 3.54. The molecular weight excluding hydrogens is 358 g/mol. The molecule has 1 aliphatic carbocycles. The van der Waals surface area contributed by atoms with Crippen molar-refractivity contribution in [1.29, 1.82) is 0 Å². The maximum Gasteiger partial charge on any atom is 0.251 e. The van der Waals surface area contributed by atoms with E-state index in [-0.39, 0.29) is 36.3 Å². The van der Waals surface area contributed by atoms with Gasteiger partial charge in [-0.15, -0.1) is 0 Å². The second-order valence-corrected chi connectivity index (χ2v) is 7.75. The molecule has 3 rings (SSSR count). The summed E-state index contributed by atoms with van der Waals surface area (Å²) in [6, 6.07) is 6.95. The van der Waals surface area contributed by atoms with E-state index in [1.54, 1.807) is 17.0 Å². The van der Waals surface area contributed by atoms with Crippen LogP contribution in [0, 0.1) is 12.8 Å². The lowest BCUT2D eigenvalue weighted by Gasteiger charge is -2.35. The van der Waals surface area contributed by atoms with Crippen LogP contribution in [0.25, 0.3) is 0 Å². The summed E-state index contributed by atoms with van der Waals surface area (Å²) >= 11 is 0. The monoisotopic (exact) mass is 387 g/mol. The topological polar surface area (TPSA) is 87.7 Å². The van der Waals surface area contributed by atoms with Gasteiger partial charge in [-0.1, -0.05) is 17.7 Å². The third-order valence-electron chi connectivity index (χ3n) is 5.44. The van der Waals surface area contributed by atoms with Crippen molar-refractivity contribution < 1.29 is 19.1 Å². The highest BCUT2D eigenvalue weighted by molar-refractivity contribution is 5.97. The fraction of sp³-hybridized carbons (Fsp3) is 0.571. The number of ether oxygens (including phenoxy) is 1. The van der Waals surface area contributed by atoms with E-state index in [2.05, 4.69) is 10.6 Å². The SMILES string of the molecule is COCC(=O)N1CCC([C@H](NC(=O)c2ccc(C)cc2)C(=O)NC2CC2)CC1. The summed E-state index contributed by atoms with van der Waals surface area (Å²) in [5.74, 6) is -0.401. The number of carbonyl (C=O) groups is 3. The standard InChI is InChI=1S/C21H29N3O4/c1-14-3-5-16(6-4-14)20(26)23-19(21(27)22-17-7-8-17)15-9-11-24(12-10-15)18(25)13-28-2/h3-6,15,17,19H,7-13H2,1-2H3,(H,22,27)(H,23,26)/t19-/m0/s1. The molecule has 1 saturated carbocycles. The lowest BCUT2D eigenvalue weighted by atomic mass is 9.88. The van der Waals surface area contributed by atoms with Gasteiger partial charge < -0.3 is 20.3 Å². The Morgan fingerprint density at radius 1 is 1.11 bits per heavy atom. The summed E-state index contributed by atoms with van der Waals surface area (Å²) in [4.78, 5) is 39.3. The number of rotatable bonds is 7. The largest absolute Gasteiger partial charge is 0.375 e. The van der Waals surface area contributed by atoms with Gasteiger partial charge in [0.15, 0.2) is 0 Å². The van der Waals surface area contributed by atoms with Crippen LogP contribution in [0.3, 0.4) is 0 Å². The van der Waals surface area contributed by atoms with Crippen LogP contribution in [0.15, 0.2) is 24.3 Å². The van der Waals surface area contributed by atoms with Gasteiger partial charge in [0, 0.05) is 31.8 Å². The van der Waals surface area contributed by atoms with Crippen LogP contribution in [0.1, 0.15) is 41.6 Å². The zero-order valence-corrected chi connectivity index (χ0v) is 16.6. The summed E-state index contributed by atoms with van der Waals surface area (Å²) in [7, 11) is 1.50. The van der Waals surface area contributed by atoms with Crippen LogP contribution in [-0.2, 0) is 14.3 Å². The molecule has 7 heteroatoms. The van der Waals surface area contributed by atoms with Crippen LogP contribution in [0.2, 0.25) is 0 Å². The predicted octanol–water partition coefficient (Wildman–Crippen LogP) is 1.26. The van der Waals surface area contributed by atoms with Gasteiger partial charge in [0.1, 0.15) is 12.6 Å². The third kappa shape index (κ3) is 5.32. The van der Waals surface area contributed by atoms with Gasteiger partial charge in [-0.05, 0) is 50.7 Å². The van der Waals surface area contributed by atoms with E-state index < -0.39 is 6.04 Å². The number of benzene rings is 1. The molecule has 3 amide bonds. The molecule has 1 aromatic rings. The maximum absolute atomic E-state index is 12.8. The first kappa shape index (κ1) is 20.3. The first-order chi connectivity index (χ1) is 13.5. The van der Waals surface area contributed by atoms with Crippen LogP contribution in [0.4, 0.5) is 0 Å². The van der Waals surface area contributed by atoms with Crippen molar-refractivity contribution in [2.24, 2.45) is 5.92 Å². The molecule has 2 aliphatic rings. The van der Waals surface area contributed by atoms with Crippen molar-refractivity contribution >= 4 is 17.7 Å². The molecular formula is C21H29N3O4. The van der Waals surface area contributed by atoms with E-state index in [1.165, 1.54) is 7.11 Å². The molecule has 1 atom stereocenters. The van der Waals surface area contributed by atoms with Gasteiger partial charge in [0.25, 0.3) is 5.91 Å². The number of methoxy groups -OCH3 is 1. The Morgan fingerprint density at radius 3 is 2.32 bits per heavy atom. The third-order valence-corrected chi connectivity index (χ3v) is 5.44. The van der Waals surface area contributed by atoms with E-state index in [0.29, 0.717) is 31.5 Å². The van der Waals surface area contributed by atoms with Crippen molar-refractivity contribution in [2.45, 2.75) is 44.7 Å².